The topological polar surface area (TPSA) is 65.7 Å². The van der Waals surface area contributed by atoms with Gasteiger partial charge in [0.15, 0.2) is 0 Å². The van der Waals surface area contributed by atoms with Crippen molar-refractivity contribution < 1.29 is 18.7 Å². The van der Waals surface area contributed by atoms with Gasteiger partial charge in [0.25, 0.3) is 0 Å². The van der Waals surface area contributed by atoms with Gasteiger partial charge in [0.1, 0.15) is 23.7 Å². The summed E-state index contributed by atoms with van der Waals surface area (Å²) in [5, 5.41) is 2.00. The number of hydrogen-bond acceptors (Lipinski definition) is 5. The number of rotatable bonds is 2. The van der Waals surface area contributed by atoms with Crippen molar-refractivity contribution in [3.63, 3.8) is 0 Å². The number of benzene rings is 2. The zero-order valence-corrected chi connectivity index (χ0v) is 13.0. The van der Waals surface area contributed by atoms with E-state index in [1.165, 1.54) is 6.07 Å². The lowest BCUT2D eigenvalue weighted by atomic mass is 9.98. The zero-order chi connectivity index (χ0) is 16.7. The molecule has 0 aliphatic carbocycles. The number of carbonyl (C=O) groups is 1. The second-order valence-corrected chi connectivity index (χ2v) is 5.47. The molecule has 0 spiro atoms. The third-order valence-corrected chi connectivity index (χ3v) is 4.02. The van der Waals surface area contributed by atoms with Gasteiger partial charge >= 0.3 is 11.6 Å². The van der Waals surface area contributed by atoms with Crippen molar-refractivity contribution in [3.8, 4) is 17.1 Å². The van der Waals surface area contributed by atoms with E-state index in [-0.39, 0.29) is 18.8 Å². The Morgan fingerprint density at radius 1 is 1.21 bits per heavy atom. The molecule has 5 heteroatoms. The van der Waals surface area contributed by atoms with E-state index in [0.717, 1.165) is 10.8 Å². The lowest BCUT2D eigenvalue weighted by Gasteiger charge is -2.21. The van der Waals surface area contributed by atoms with Crippen molar-refractivity contribution in [1.82, 2.24) is 0 Å². The van der Waals surface area contributed by atoms with Crippen LogP contribution in [0.15, 0.2) is 51.7 Å². The van der Waals surface area contributed by atoms with Crippen molar-refractivity contribution in [2.75, 3.05) is 6.61 Å². The van der Waals surface area contributed by atoms with E-state index in [4.69, 9.17) is 13.9 Å². The first-order chi connectivity index (χ1) is 11.7. The first kappa shape index (κ1) is 14.5. The standard InChI is InChI=1S/C19H14O5/c1-2-22-18(20)15-9-12-10-23-17-13-6-4-3-5-11(13)7-8-14(17)16(12)24-19(15)21/h3-9H,2,10H2,1H3. The van der Waals surface area contributed by atoms with Gasteiger partial charge in [-0.25, -0.2) is 9.59 Å². The van der Waals surface area contributed by atoms with Crippen LogP contribution in [-0.2, 0) is 11.3 Å². The minimum atomic E-state index is -0.701. The second-order valence-electron chi connectivity index (χ2n) is 5.47. The maximum absolute atomic E-state index is 12.2. The first-order valence-electron chi connectivity index (χ1n) is 7.68. The third kappa shape index (κ3) is 2.17. The Bertz CT molecular complexity index is 1020. The van der Waals surface area contributed by atoms with Crippen LogP contribution >= 0.6 is 0 Å². The average Bonchev–Trinajstić information content (AvgIpc) is 2.61. The SMILES string of the molecule is CCOC(=O)c1cc2c(oc1=O)-c1ccc3ccccc3c1OC2. The number of esters is 1. The van der Waals surface area contributed by atoms with Crippen LogP contribution in [0.1, 0.15) is 22.8 Å². The van der Waals surface area contributed by atoms with Gasteiger partial charge in [-0.1, -0.05) is 30.3 Å². The van der Waals surface area contributed by atoms with E-state index in [1.807, 2.05) is 36.4 Å². The Kier molecular flexibility index (Phi) is 3.34. The molecule has 0 unspecified atom stereocenters. The van der Waals surface area contributed by atoms with Crippen LogP contribution in [0, 0.1) is 0 Å². The summed E-state index contributed by atoms with van der Waals surface area (Å²) < 4.78 is 16.2. The zero-order valence-electron chi connectivity index (χ0n) is 13.0. The first-order valence-corrected chi connectivity index (χ1v) is 7.68. The molecule has 0 bridgehead atoms. The minimum Gasteiger partial charge on any atom is -0.487 e. The molecule has 2 heterocycles. The van der Waals surface area contributed by atoms with Gasteiger partial charge in [-0.2, -0.15) is 0 Å². The van der Waals surface area contributed by atoms with Gasteiger partial charge in [-0.15, -0.1) is 0 Å². The Morgan fingerprint density at radius 2 is 2.04 bits per heavy atom. The molecule has 0 fully saturated rings. The molecule has 0 atom stereocenters. The number of carbonyl (C=O) groups excluding carboxylic acids is 1. The fourth-order valence-electron chi connectivity index (χ4n) is 2.93. The largest absolute Gasteiger partial charge is 0.487 e. The van der Waals surface area contributed by atoms with E-state index in [9.17, 15) is 9.59 Å². The average molecular weight is 322 g/mol. The van der Waals surface area contributed by atoms with Gasteiger partial charge in [-0.3, -0.25) is 0 Å². The molecule has 0 amide bonds. The maximum atomic E-state index is 12.2. The summed E-state index contributed by atoms with van der Waals surface area (Å²) in [7, 11) is 0. The highest BCUT2D eigenvalue weighted by Crippen LogP contribution is 2.41. The lowest BCUT2D eigenvalue weighted by molar-refractivity contribution is 0.0521. The molecular weight excluding hydrogens is 308 g/mol. The Morgan fingerprint density at radius 3 is 2.88 bits per heavy atom. The van der Waals surface area contributed by atoms with Crippen molar-refractivity contribution in [3.05, 3.63) is 64.0 Å². The van der Waals surface area contributed by atoms with Crippen LogP contribution < -0.4 is 10.4 Å². The van der Waals surface area contributed by atoms with E-state index < -0.39 is 11.6 Å². The summed E-state index contributed by atoms with van der Waals surface area (Å²) in [6, 6.07) is 13.2. The normalized spacial score (nSPS) is 12.2. The monoisotopic (exact) mass is 322 g/mol. The van der Waals surface area contributed by atoms with Crippen LogP contribution in [0.25, 0.3) is 22.1 Å². The quantitative estimate of drug-likeness (QED) is 0.675. The molecule has 24 heavy (non-hydrogen) atoms. The number of fused-ring (bicyclic) bond motifs is 5. The van der Waals surface area contributed by atoms with Crippen LogP contribution in [0.3, 0.4) is 0 Å². The molecule has 4 rings (SSSR count). The van der Waals surface area contributed by atoms with Crippen LogP contribution in [-0.4, -0.2) is 12.6 Å². The Hall–Kier alpha value is -3.08. The summed E-state index contributed by atoms with van der Waals surface area (Å²) in [5.74, 6) is 0.450. The summed E-state index contributed by atoms with van der Waals surface area (Å²) in [6.45, 7) is 2.11. The Balaban J connectivity index is 1.91. The molecular formula is C19H14O5. The van der Waals surface area contributed by atoms with Gasteiger partial charge in [-0.05, 0) is 24.4 Å². The van der Waals surface area contributed by atoms with Crippen molar-refractivity contribution in [2.45, 2.75) is 13.5 Å². The fourth-order valence-corrected chi connectivity index (χ4v) is 2.93. The molecule has 0 saturated heterocycles. The van der Waals surface area contributed by atoms with Gasteiger partial charge < -0.3 is 13.9 Å². The third-order valence-electron chi connectivity index (χ3n) is 4.02. The summed E-state index contributed by atoms with van der Waals surface area (Å²) in [6.07, 6.45) is 0. The van der Waals surface area contributed by atoms with Crippen molar-refractivity contribution in [2.24, 2.45) is 0 Å². The van der Waals surface area contributed by atoms with Crippen molar-refractivity contribution in [1.29, 1.82) is 0 Å². The smallest absolute Gasteiger partial charge is 0.351 e. The van der Waals surface area contributed by atoms with Crippen LogP contribution in [0.2, 0.25) is 0 Å². The van der Waals surface area contributed by atoms with E-state index in [2.05, 4.69) is 0 Å². The van der Waals surface area contributed by atoms with Crippen LogP contribution in [0.5, 0.6) is 5.75 Å². The molecule has 120 valence electrons. The summed E-state index contributed by atoms with van der Waals surface area (Å²) in [4.78, 5) is 24.0. The van der Waals surface area contributed by atoms with Gasteiger partial charge in [0, 0.05) is 10.9 Å². The second kappa shape index (κ2) is 5.53. The summed E-state index contributed by atoms with van der Waals surface area (Å²) >= 11 is 0. The molecule has 0 radical (unpaired) electrons. The molecule has 3 aromatic rings. The highest BCUT2D eigenvalue weighted by Gasteiger charge is 2.25. The van der Waals surface area contributed by atoms with Gasteiger partial charge in [0.2, 0.25) is 0 Å². The highest BCUT2D eigenvalue weighted by molar-refractivity contribution is 5.96. The van der Waals surface area contributed by atoms with Crippen molar-refractivity contribution >= 4 is 16.7 Å². The molecule has 1 aromatic heterocycles. The molecule has 1 aliphatic heterocycles. The van der Waals surface area contributed by atoms with Gasteiger partial charge in [0.05, 0.1) is 12.2 Å². The predicted molar refractivity (Wildman–Crippen MR) is 88.2 cm³/mol. The molecule has 5 nitrogen and oxygen atoms in total. The Labute approximate surface area is 137 Å². The van der Waals surface area contributed by atoms with E-state index in [0.29, 0.717) is 22.6 Å². The predicted octanol–water partition coefficient (Wildman–Crippen LogP) is 3.53. The number of hydrogen-bond donors (Lipinski definition) is 0. The molecule has 1 aliphatic rings. The van der Waals surface area contributed by atoms with E-state index >= 15 is 0 Å². The fraction of sp³-hybridized carbons (Fsp3) is 0.158. The molecule has 0 N–H and O–H groups in total. The maximum Gasteiger partial charge on any atom is 0.351 e. The summed E-state index contributed by atoms with van der Waals surface area (Å²) in [5.41, 5.74) is 0.555. The number of ether oxygens (including phenoxy) is 2. The highest BCUT2D eigenvalue weighted by atomic mass is 16.5. The minimum absolute atomic E-state index is 0.108. The van der Waals surface area contributed by atoms with Crippen LogP contribution in [0.4, 0.5) is 0 Å². The molecule has 2 aromatic carbocycles. The molecule has 0 saturated carbocycles. The van der Waals surface area contributed by atoms with E-state index in [1.54, 1.807) is 6.92 Å². The lowest BCUT2D eigenvalue weighted by Crippen LogP contribution is -2.19.